The Kier molecular flexibility index (Phi) is 7.89. The Morgan fingerprint density at radius 2 is 1.67 bits per heavy atom. The summed E-state index contributed by atoms with van der Waals surface area (Å²) in [5, 5.41) is 3.23. The molecular formula is C32H41N5O2. The first kappa shape index (κ1) is 27.1. The number of hydrogen-bond donors (Lipinski definition) is 2. The van der Waals surface area contributed by atoms with Gasteiger partial charge in [0.25, 0.3) is 0 Å². The molecule has 1 atom stereocenters. The van der Waals surface area contributed by atoms with E-state index < -0.39 is 6.04 Å². The van der Waals surface area contributed by atoms with Crippen molar-refractivity contribution < 1.29 is 9.59 Å². The number of benzene rings is 2. The van der Waals surface area contributed by atoms with Gasteiger partial charge in [0.15, 0.2) is 0 Å². The fourth-order valence-corrected chi connectivity index (χ4v) is 5.74. The van der Waals surface area contributed by atoms with Crippen LogP contribution < -0.4 is 11.1 Å². The zero-order valence-electron chi connectivity index (χ0n) is 23.4. The fourth-order valence-electron chi connectivity index (χ4n) is 5.74. The summed E-state index contributed by atoms with van der Waals surface area (Å²) < 4.78 is 2.13. The van der Waals surface area contributed by atoms with Crippen LogP contribution in [0.3, 0.4) is 0 Å². The van der Waals surface area contributed by atoms with Crippen molar-refractivity contribution in [3.8, 4) is 0 Å². The van der Waals surface area contributed by atoms with Gasteiger partial charge in [0.05, 0.1) is 30.7 Å². The minimum absolute atomic E-state index is 0.0417. The smallest absolute Gasteiger partial charge is 0.243 e. The fraction of sp³-hybridized carbons (Fsp3) is 0.469. The minimum Gasteiger partial charge on any atom is -0.352 e. The Morgan fingerprint density at radius 1 is 0.974 bits per heavy atom. The monoisotopic (exact) mass is 527 g/mol. The van der Waals surface area contributed by atoms with Crippen LogP contribution in [-0.2, 0) is 40.9 Å². The normalized spacial score (nSPS) is 21.3. The van der Waals surface area contributed by atoms with Gasteiger partial charge in [-0.05, 0) is 47.8 Å². The molecule has 5 rings (SSSR count). The molecule has 0 bridgehead atoms. The molecule has 1 fully saturated rings. The highest BCUT2D eigenvalue weighted by atomic mass is 16.2. The summed E-state index contributed by atoms with van der Waals surface area (Å²) in [6, 6.07) is 18.2. The third-order valence-electron chi connectivity index (χ3n) is 8.23. The average molecular weight is 528 g/mol. The molecule has 1 aliphatic heterocycles. The number of nitrogens with zero attached hydrogens (tertiary/aromatic N) is 3. The van der Waals surface area contributed by atoms with Crippen LogP contribution in [0.15, 0.2) is 60.9 Å². The summed E-state index contributed by atoms with van der Waals surface area (Å²) in [6.07, 6.45) is 6.13. The van der Waals surface area contributed by atoms with E-state index in [4.69, 9.17) is 10.7 Å². The second-order valence-corrected chi connectivity index (χ2v) is 12.2. The van der Waals surface area contributed by atoms with Crippen LogP contribution >= 0.6 is 0 Å². The summed E-state index contributed by atoms with van der Waals surface area (Å²) in [5.41, 5.74) is 11.5. The van der Waals surface area contributed by atoms with Crippen molar-refractivity contribution in [2.45, 2.75) is 95.9 Å². The summed E-state index contributed by atoms with van der Waals surface area (Å²) >= 11 is 0. The van der Waals surface area contributed by atoms with Crippen molar-refractivity contribution in [2.24, 2.45) is 5.73 Å². The minimum atomic E-state index is -0.571. The zero-order valence-corrected chi connectivity index (χ0v) is 23.4. The van der Waals surface area contributed by atoms with E-state index in [1.54, 1.807) is 4.90 Å². The molecule has 1 aliphatic carbocycles. The standard InChI is InChI=1S/C32H41N5O2/c1-32(2,3)24-11-9-23(10-12-24)19-36-21-34-27-18-28(31(39)35-26-15-13-25(33)14-16-26)37(20-29(27)36)30(38)17-22-7-5-4-6-8-22/h4-12,21,25-26,28H,13-20,33H2,1-3H3,(H,35,39). The first-order valence-corrected chi connectivity index (χ1v) is 14.2. The van der Waals surface area contributed by atoms with Crippen LogP contribution in [0.5, 0.6) is 0 Å². The third-order valence-corrected chi connectivity index (χ3v) is 8.23. The summed E-state index contributed by atoms with van der Waals surface area (Å²) in [6.45, 7) is 7.68. The van der Waals surface area contributed by atoms with Gasteiger partial charge in [0.2, 0.25) is 11.8 Å². The first-order chi connectivity index (χ1) is 18.7. The maximum atomic E-state index is 13.7. The number of hydrogen-bond acceptors (Lipinski definition) is 4. The Morgan fingerprint density at radius 3 is 2.33 bits per heavy atom. The average Bonchev–Trinajstić information content (AvgIpc) is 3.31. The van der Waals surface area contributed by atoms with E-state index in [1.807, 2.05) is 36.7 Å². The zero-order chi connectivity index (χ0) is 27.6. The molecule has 1 unspecified atom stereocenters. The van der Waals surface area contributed by atoms with Crippen molar-refractivity contribution in [1.82, 2.24) is 19.8 Å². The van der Waals surface area contributed by atoms with Gasteiger partial charge in [0.1, 0.15) is 6.04 Å². The predicted molar refractivity (Wildman–Crippen MR) is 153 cm³/mol. The molecule has 3 N–H and O–H groups in total. The molecule has 3 aromatic rings. The summed E-state index contributed by atoms with van der Waals surface area (Å²) in [7, 11) is 0. The van der Waals surface area contributed by atoms with E-state index in [1.165, 1.54) is 11.1 Å². The highest BCUT2D eigenvalue weighted by Gasteiger charge is 2.37. The van der Waals surface area contributed by atoms with Gasteiger partial charge in [-0.1, -0.05) is 75.4 Å². The molecule has 0 saturated heterocycles. The number of carbonyl (C=O) groups excluding carboxylic acids is 2. The highest BCUT2D eigenvalue weighted by Crippen LogP contribution is 2.27. The van der Waals surface area contributed by atoms with Crippen molar-refractivity contribution in [1.29, 1.82) is 0 Å². The number of rotatable bonds is 6. The van der Waals surface area contributed by atoms with Crippen molar-refractivity contribution in [3.05, 3.63) is 89.0 Å². The Labute approximate surface area is 231 Å². The lowest BCUT2D eigenvalue weighted by Gasteiger charge is -2.36. The van der Waals surface area contributed by atoms with Crippen LogP contribution in [0.1, 0.15) is 74.5 Å². The first-order valence-electron chi connectivity index (χ1n) is 14.2. The number of fused-ring (bicyclic) bond motifs is 1. The van der Waals surface area contributed by atoms with Crippen molar-refractivity contribution >= 4 is 11.8 Å². The molecule has 2 heterocycles. The van der Waals surface area contributed by atoms with Gasteiger partial charge in [-0.2, -0.15) is 0 Å². The van der Waals surface area contributed by atoms with E-state index >= 15 is 0 Å². The Hall–Kier alpha value is -3.45. The third kappa shape index (κ3) is 6.41. The van der Waals surface area contributed by atoms with Gasteiger partial charge in [-0.25, -0.2) is 4.98 Å². The highest BCUT2D eigenvalue weighted by molar-refractivity contribution is 5.89. The number of nitrogens with two attached hydrogens (primary N) is 1. The number of amides is 2. The molecule has 206 valence electrons. The van der Waals surface area contributed by atoms with Gasteiger partial charge < -0.3 is 20.5 Å². The second kappa shape index (κ2) is 11.3. The SMILES string of the molecule is CC(C)(C)c1ccc(Cn2cnc3c2CN(C(=O)Cc2ccccc2)C(C(=O)NC2CCC(N)CC2)C3)cc1. The van der Waals surface area contributed by atoms with E-state index in [-0.39, 0.29) is 35.7 Å². The van der Waals surface area contributed by atoms with Crippen molar-refractivity contribution in [3.63, 3.8) is 0 Å². The molecule has 2 aliphatic rings. The molecular weight excluding hydrogens is 486 g/mol. The maximum absolute atomic E-state index is 13.7. The van der Waals surface area contributed by atoms with Gasteiger partial charge in [-0.15, -0.1) is 0 Å². The van der Waals surface area contributed by atoms with Gasteiger partial charge in [-0.3, -0.25) is 9.59 Å². The van der Waals surface area contributed by atoms with Crippen LogP contribution in [0.2, 0.25) is 0 Å². The molecule has 2 amide bonds. The molecule has 1 saturated carbocycles. The number of aromatic nitrogens is 2. The predicted octanol–water partition coefficient (Wildman–Crippen LogP) is 4.11. The molecule has 2 aromatic carbocycles. The van der Waals surface area contributed by atoms with Crippen LogP contribution in [0.4, 0.5) is 0 Å². The molecule has 0 radical (unpaired) electrons. The molecule has 7 nitrogen and oxygen atoms in total. The van der Waals surface area contributed by atoms with Crippen molar-refractivity contribution in [2.75, 3.05) is 0 Å². The largest absolute Gasteiger partial charge is 0.352 e. The van der Waals surface area contributed by atoms with Gasteiger partial charge in [0, 0.05) is 25.0 Å². The number of carbonyl (C=O) groups is 2. The second-order valence-electron chi connectivity index (χ2n) is 12.2. The summed E-state index contributed by atoms with van der Waals surface area (Å²) in [4.78, 5) is 33.7. The lowest BCUT2D eigenvalue weighted by atomic mass is 9.87. The topological polar surface area (TPSA) is 93.2 Å². The van der Waals surface area contributed by atoms with Crippen LogP contribution in [-0.4, -0.2) is 44.4 Å². The number of imidazole rings is 1. The quantitative estimate of drug-likeness (QED) is 0.505. The van der Waals surface area contributed by atoms with Gasteiger partial charge >= 0.3 is 0 Å². The molecule has 1 aromatic heterocycles. The molecule has 0 spiro atoms. The summed E-state index contributed by atoms with van der Waals surface area (Å²) in [5.74, 6) is -0.130. The molecule has 39 heavy (non-hydrogen) atoms. The Balaban J connectivity index is 1.37. The van der Waals surface area contributed by atoms with Crippen LogP contribution in [0.25, 0.3) is 0 Å². The lowest BCUT2D eigenvalue weighted by Crippen LogP contribution is -2.55. The van der Waals surface area contributed by atoms with E-state index in [0.717, 1.165) is 42.6 Å². The van der Waals surface area contributed by atoms with E-state index in [0.29, 0.717) is 19.5 Å². The molecule has 7 heteroatoms. The van der Waals surface area contributed by atoms with Crippen LogP contribution in [0, 0.1) is 0 Å². The number of nitrogens with one attached hydrogen (secondary N) is 1. The Bertz CT molecular complexity index is 1280. The lowest BCUT2D eigenvalue weighted by molar-refractivity contribution is -0.141. The van der Waals surface area contributed by atoms with E-state index in [2.05, 4.69) is 54.9 Å². The maximum Gasteiger partial charge on any atom is 0.243 e. The van der Waals surface area contributed by atoms with E-state index in [9.17, 15) is 9.59 Å².